The van der Waals surface area contributed by atoms with Crippen LogP contribution in [0.5, 0.6) is 0 Å². The van der Waals surface area contributed by atoms with Gasteiger partial charge in [0.05, 0.1) is 5.60 Å². The van der Waals surface area contributed by atoms with Crippen LogP contribution in [0.1, 0.15) is 51.5 Å². The van der Waals surface area contributed by atoms with Crippen molar-refractivity contribution in [2.24, 2.45) is 11.8 Å². The van der Waals surface area contributed by atoms with Gasteiger partial charge >= 0.3 is 0 Å². The third-order valence-corrected chi connectivity index (χ3v) is 4.62. The molecule has 20 heavy (non-hydrogen) atoms. The molecule has 0 aromatic heterocycles. The lowest BCUT2D eigenvalue weighted by atomic mass is 9.73. The van der Waals surface area contributed by atoms with E-state index in [2.05, 4.69) is 13.8 Å². The Morgan fingerprint density at radius 1 is 1.45 bits per heavy atom. The zero-order valence-electron chi connectivity index (χ0n) is 12.3. The summed E-state index contributed by atoms with van der Waals surface area (Å²) in [5.74, 6) is 0.934. The smallest absolute Gasteiger partial charge is 0.123 e. The average molecular weight is 299 g/mol. The van der Waals surface area contributed by atoms with Gasteiger partial charge in [-0.25, -0.2) is 4.39 Å². The Bertz CT molecular complexity index is 460. The van der Waals surface area contributed by atoms with Gasteiger partial charge in [-0.3, -0.25) is 0 Å². The van der Waals surface area contributed by atoms with E-state index in [4.69, 9.17) is 11.6 Å². The first-order valence-electron chi connectivity index (χ1n) is 7.54. The molecular weight excluding hydrogens is 275 g/mol. The van der Waals surface area contributed by atoms with Crippen molar-refractivity contribution in [3.63, 3.8) is 0 Å². The Morgan fingerprint density at radius 2 is 2.20 bits per heavy atom. The van der Waals surface area contributed by atoms with Gasteiger partial charge in [0.1, 0.15) is 5.82 Å². The molecule has 1 saturated carbocycles. The monoisotopic (exact) mass is 298 g/mol. The molecule has 1 aromatic rings. The molecule has 1 fully saturated rings. The van der Waals surface area contributed by atoms with Crippen LogP contribution < -0.4 is 0 Å². The molecule has 2 rings (SSSR count). The Morgan fingerprint density at radius 3 is 2.90 bits per heavy atom. The highest BCUT2D eigenvalue weighted by Crippen LogP contribution is 2.38. The molecule has 2 atom stereocenters. The summed E-state index contributed by atoms with van der Waals surface area (Å²) in [6, 6.07) is 4.38. The lowest BCUT2D eigenvalue weighted by Gasteiger charge is -2.38. The highest BCUT2D eigenvalue weighted by atomic mass is 35.5. The van der Waals surface area contributed by atoms with Crippen LogP contribution in [0.4, 0.5) is 4.39 Å². The minimum atomic E-state index is -0.727. The molecular formula is C17H24ClFO. The average Bonchev–Trinajstić information content (AvgIpc) is 2.32. The lowest BCUT2D eigenvalue weighted by molar-refractivity contribution is -0.0189. The van der Waals surface area contributed by atoms with Gasteiger partial charge in [0.2, 0.25) is 0 Å². The summed E-state index contributed by atoms with van der Waals surface area (Å²) >= 11 is 6.12. The molecule has 0 heterocycles. The summed E-state index contributed by atoms with van der Waals surface area (Å²) in [7, 11) is 0. The van der Waals surface area contributed by atoms with E-state index >= 15 is 0 Å². The van der Waals surface area contributed by atoms with E-state index in [1.54, 1.807) is 6.07 Å². The Balaban J connectivity index is 2.08. The molecule has 2 unspecified atom stereocenters. The second-order valence-electron chi connectivity index (χ2n) is 6.73. The summed E-state index contributed by atoms with van der Waals surface area (Å²) in [6.07, 6.45) is 5.43. The highest BCUT2D eigenvalue weighted by Gasteiger charge is 2.35. The summed E-state index contributed by atoms with van der Waals surface area (Å²) in [5.41, 5.74) is -0.00531. The molecule has 0 bridgehead atoms. The number of hydrogen-bond donors (Lipinski definition) is 1. The first-order chi connectivity index (χ1) is 9.38. The fourth-order valence-corrected chi connectivity index (χ4v) is 3.71. The molecule has 3 heteroatoms. The SMILES string of the molecule is CC(C)CC1CCCC(O)(Cc2cc(F)ccc2Cl)C1. The quantitative estimate of drug-likeness (QED) is 0.830. The van der Waals surface area contributed by atoms with Crippen LogP contribution in [0.2, 0.25) is 5.02 Å². The third kappa shape index (κ3) is 4.20. The van der Waals surface area contributed by atoms with Crippen LogP contribution in [0.25, 0.3) is 0 Å². The van der Waals surface area contributed by atoms with Gasteiger partial charge < -0.3 is 5.11 Å². The maximum Gasteiger partial charge on any atom is 0.123 e. The van der Waals surface area contributed by atoms with Crippen LogP contribution in [0.15, 0.2) is 18.2 Å². The topological polar surface area (TPSA) is 20.2 Å². The molecule has 0 radical (unpaired) electrons. The zero-order chi connectivity index (χ0) is 14.8. The zero-order valence-corrected chi connectivity index (χ0v) is 13.1. The largest absolute Gasteiger partial charge is 0.390 e. The molecule has 1 nitrogen and oxygen atoms in total. The van der Waals surface area contributed by atoms with Crippen molar-refractivity contribution in [2.45, 2.75) is 58.0 Å². The molecule has 1 N–H and O–H groups in total. The Hall–Kier alpha value is -0.600. The Labute approximate surface area is 126 Å². The standard InChI is InChI=1S/C17H24ClFO/c1-12(2)8-13-4-3-7-17(20,10-13)11-14-9-15(19)5-6-16(14)18/h5-6,9,12-13,20H,3-4,7-8,10-11H2,1-2H3. The summed E-state index contributed by atoms with van der Waals surface area (Å²) in [6.45, 7) is 4.44. The van der Waals surface area contributed by atoms with Crippen molar-refractivity contribution in [1.29, 1.82) is 0 Å². The lowest BCUT2D eigenvalue weighted by Crippen LogP contribution is -2.37. The van der Waals surface area contributed by atoms with Crippen molar-refractivity contribution in [2.75, 3.05) is 0 Å². The predicted octanol–water partition coefficient (Wildman–Crippen LogP) is 4.99. The second-order valence-corrected chi connectivity index (χ2v) is 7.14. The second kappa shape index (κ2) is 6.44. The molecule has 1 aliphatic carbocycles. The van der Waals surface area contributed by atoms with E-state index < -0.39 is 5.60 Å². The van der Waals surface area contributed by atoms with E-state index in [-0.39, 0.29) is 5.82 Å². The van der Waals surface area contributed by atoms with Crippen LogP contribution in [-0.2, 0) is 6.42 Å². The van der Waals surface area contributed by atoms with E-state index in [1.807, 2.05) is 0 Å². The maximum absolute atomic E-state index is 13.3. The van der Waals surface area contributed by atoms with Gasteiger partial charge in [-0.2, -0.15) is 0 Å². The molecule has 0 saturated heterocycles. The van der Waals surface area contributed by atoms with Gasteiger partial charge in [0.25, 0.3) is 0 Å². The fourth-order valence-electron chi connectivity index (χ4n) is 3.52. The number of hydrogen-bond acceptors (Lipinski definition) is 1. The number of aliphatic hydroxyl groups is 1. The van der Waals surface area contributed by atoms with Crippen LogP contribution >= 0.6 is 11.6 Å². The highest BCUT2D eigenvalue weighted by molar-refractivity contribution is 6.31. The van der Waals surface area contributed by atoms with Crippen molar-refractivity contribution >= 4 is 11.6 Å². The van der Waals surface area contributed by atoms with Gasteiger partial charge in [-0.1, -0.05) is 38.3 Å². The Kier molecular flexibility index (Phi) is 5.09. The van der Waals surface area contributed by atoms with E-state index in [0.29, 0.717) is 23.3 Å². The minimum absolute atomic E-state index is 0.289. The molecule has 0 spiro atoms. The van der Waals surface area contributed by atoms with Crippen molar-refractivity contribution in [3.05, 3.63) is 34.6 Å². The van der Waals surface area contributed by atoms with Gasteiger partial charge in [0, 0.05) is 11.4 Å². The van der Waals surface area contributed by atoms with Crippen LogP contribution in [0.3, 0.4) is 0 Å². The maximum atomic E-state index is 13.3. The van der Waals surface area contributed by atoms with Gasteiger partial charge in [0.15, 0.2) is 0 Å². The summed E-state index contributed by atoms with van der Waals surface area (Å²) in [5, 5.41) is 11.4. The van der Waals surface area contributed by atoms with Crippen molar-refractivity contribution in [3.8, 4) is 0 Å². The van der Waals surface area contributed by atoms with Crippen molar-refractivity contribution < 1.29 is 9.50 Å². The van der Waals surface area contributed by atoms with E-state index in [9.17, 15) is 9.50 Å². The predicted molar refractivity (Wildman–Crippen MR) is 81.5 cm³/mol. The molecule has 1 aromatic carbocycles. The number of halogens is 2. The number of benzene rings is 1. The summed E-state index contributed by atoms with van der Waals surface area (Å²) < 4.78 is 13.3. The minimum Gasteiger partial charge on any atom is -0.390 e. The van der Waals surface area contributed by atoms with Gasteiger partial charge in [-0.05, 0) is 54.9 Å². The first-order valence-corrected chi connectivity index (χ1v) is 7.92. The van der Waals surface area contributed by atoms with E-state index in [0.717, 1.165) is 31.2 Å². The van der Waals surface area contributed by atoms with Crippen LogP contribution in [0, 0.1) is 17.7 Å². The normalized spacial score (nSPS) is 27.0. The molecule has 112 valence electrons. The summed E-state index contributed by atoms with van der Waals surface area (Å²) in [4.78, 5) is 0. The first kappa shape index (κ1) is 15.8. The molecule has 1 aliphatic rings. The fraction of sp³-hybridized carbons (Fsp3) is 0.647. The third-order valence-electron chi connectivity index (χ3n) is 4.26. The molecule has 0 amide bonds. The van der Waals surface area contributed by atoms with E-state index in [1.165, 1.54) is 18.6 Å². The number of rotatable bonds is 4. The van der Waals surface area contributed by atoms with Crippen LogP contribution in [-0.4, -0.2) is 10.7 Å². The van der Waals surface area contributed by atoms with Gasteiger partial charge in [-0.15, -0.1) is 0 Å². The van der Waals surface area contributed by atoms with Crippen molar-refractivity contribution in [1.82, 2.24) is 0 Å². The molecule has 0 aliphatic heterocycles.